The molecule has 2 aromatic rings. The zero-order valence-corrected chi connectivity index (χ0v) is 12.7. The Hall–Kier alpha value is -0.910. The van der Waals surface area contributed by atoms with E-state index in [1.807, 2.05) is 43.3 Å². The fourth-order valence-corrected chi connectivity index (χ4v) is 2.48. The second-order valence-electron chi connectivity index (χ2n) is 3.91. The monoisotopic (exact) mass is 444 g/mol. The topological polar surface area (TPSA) is 60.2 Å². The van der Waals surface area contributed by atoms with Gasteiger partial charge in [0.25, 0.3) is 0 Å². The van der Waals surface area contributed by atoms with Gasteiger partial charge < -0.3 is 0 Å². The van der Waals surface area contributed by atoms with Crippen LogP contribution in [0.5, 0.6) is 0 Å². The van der Waals surface area contributed by atoms with Crippen molar-refractivity contribution in [2.75, 3.05) is 0 Å². The summed E-state index contributed by atoms with van der Waals surface area (Å²) in [5.74, 6) is 0. The van der Waals surface area contributed by atoms with E-state index in [4.69, 9.17) is 5.14 Å². The molecule has 0 aromatic heterocycles. The summed E-state index contributed by atoms with van der Waals surface area (Å²) in [5, 5.41) is 5.22. The molecule has 0 saturated carbocycles. The van der Waals surface area contributed by atoms with Crippen LogP contribution in [-0.4, -0.2) is 8.42 Å². The van der Waals surface area contributed by atoms with E-state index in [1.165, 1.54) is 0 Å². The maximum Gasteiger partial charge on any atom is 0.238 e. The summed E-state index contributed by atoms with van der Waals surface area (Å²) >= 11 is 0. The van der Waals surface area contributed by atoms with Crippen molar-refractivity contribution < 1.29 is 30.8 Å². The van der Waals surface area contributed by atoms with Crippen LogP contribution in [0.15, 0.2) is 53.4 Å². The molecule has 0 bridgehead atoms. The molecule has 0 heterocycles. The Kier molecular flexibility index (Phi) is 4.90. The van der Waals surface area contributed by atoms with Gasteiger partial charge in [-0.25, -0.2) is 13.6 Å². The van der Waals surface area contributed by atoms with Gasteiger partial charge >= 0.3 is 0 Å². The van der Waals surface area contributed by atoms with Gasteiger partial charge in [-0.05, 0) is 18.6 Å². The van der Waals surface area contributed by atoms with E-state index in [0.29, 0.717) is 5.56 Å². The first-order valence-corrected chi connectivity index (χ1v) is 6.72. The SMILES string of the molecule is Cc1ccc(S(N)(=O)=O)c(-c2ccccc2)c1.[Au]. The summed E-state index contributed by atoms with van der Waals surface area (Å²) in [6, 6.07) is 14.5. The number of primary sulfonamides is 1. The molecule has 99 valence electrons. The van der Waals surface area contributed by atoms with Crippen molar-refractivity contribution >= 4 is 10.0 Å². The molecule has 0 aliphatic rings. The number of hydrogen-bond acceptors (Lipinski definition) is 2. The summed E-state index contributed by atoms with van der Waals surface area (Å²) in [6.45, 7) is 1.92. The van der Waals surface area contributed by atoms with E-state index >= 15 is 0 Å². The van der Waals surface area contributed by atoms with Crippen molar-refractivity contribution in [3.63, 3.8) is 0 Å². The Morgan fingerprint density at radius 2 is 1.61 bits per heavy atom. The fraction of sp³-hybridized carbons (Fsp3) is 0.0769. The third kappa shape index (κ3) is 3.31. The quantitative estimate of drug-likeness (QED) is 0.723. The van der Waals surface area contributed by atoms with Crippen LogP contribution in [0.1, 0.15) is 5.56 Å². The van der Waals surface area contributed by atoms with Crippen molar-refractivity contribution in [2.24, 2.45) is 5.14 Å². The number of aryl methyl sites for hydroxylation is 1. The normalized spacial score (nSPS) is 10.8. The summed E-state index contributed by atoms with van der Waals surface area (Å²) in [6.07, 6.45) is 0. The first-order chi connectivity index (χ1) is 7.98. The average molecular weight is 444 g/mol. The minimum atomic E-state index is -3.70. The Bertz CT molecular complexity index is 639. The van der Waals surface area contributed by atoms with Crippen LogP contribution in [0, 0.1) is 6.92 Å². The number of sulfonamides is 1. The largest absolute Gasteiger partial charge is 0.238 e. The first-order valence-electron chi connectivity index (χ1n) is 5.17. The summed E-state index contributed by atoms with van der Waals surface area (Å²) in [5.41, 5.74) is 2.49. The minimum Gasteiger partial charge on any atom is -0.225 e. The number of nitrogens with two attached hydrogens (primary N) is 1. The molecule has 0 unspecified atom stereocenters. The predicted molar refractivity (Wildman–Crippen MR) is 68.0 cm³/mol. The second kappa shape index (κ2) is 5.82. The molecule has 18 heavy (non-hydrogen) atoms. The van der Waals surface area contributed by atoms with Crippen LogP contribution in [0.2, 0.25) is 0 Å². The molecular formula is C13H13AuNO2S. The van der Waals surface area contributed by atoms with Crippen molar-refractivity contribution in [3.8, 4) is 11.1 Å². The Morgan fingerprint density at radius 3 is 2.17 bits per heavy atom. The third-order valence-corrected chi connectivity index (χ3v) is 3.50. The van der Waals surface area contributed by atoms with Gasteiger partial charge in [0.15, 0.2) is 0 Å². The average Bonchev–Trinajstić information content (AvgIpc) is 2.28. The summed E-state index contributed by atoms with van der Waals surface area (Å²) in [4.78, 5) is 0.161. The second-order valence-corrected chi connectivity index (χ2v) is 5.44. The van der Waals surface area contributed by atoms with E-state index in [2.05, 4.69) is 0 Å². The fourth-order valence-electron chi connectivity index (χ4n) is 1.74. The maximum absolute atomic E-state index is 11.5. The van der Waals surface area contributed by atoms with Crippen LogP contribution in [-0.2, 0) is 32.4 Å². The van der Waals surface area contributed by atoms with Gasteiger partial charge in [-0.2, -0.15) is 0 Å². The Balaban J connectivity index is 0.00000162. The molecule has 0 fully saturated rings. The van der Waals surface area contributed by atoms with E-state index < -0.39 is 10.0 Å². The molecule has 0 saturated heterocycles. The van der Waals surface area contributed by atoms with Gasteiger partial charge in [-0.15, -0.1) is 0 Å². The van der Waals surface area contributed by atoms with E-state index in [0.717, 1.165) is 11.1 Å². The standard InChI is InChI=1S/C13H13NO2S.Au/c1-10-7-8-13(17(14,15)16)12(9-10)11-5-3-2-4-6-11;/h2-9H,1H3,(H2,14,15,16);. The van der Waals surface area contributed by atoms with Gasteiger partial charge in [0.2, 0.25) is 10.0 Å². The zero-order chi connectivity index (χ0) is 12.5. The van der Waals surface area contributed by atoms with E-state index in [1.54, 1.807) is 12.1 Å². The predicted octanol–water partition coefficient (Wildman–Crippen LogP) is 2.31. The Labute approximate surface area is 123 Å². The van der Waals surface area contributed by atoms with Gasteiger partial charge in [0, 0.05) is 27.9 Å². The van der Waals surface area contributed by atoms with Gasteiger partial charge in [0.1, 0.15) is 0 Å². The summed E-state index contributed by atoms with van der Waals surface area (Å²) in [7, 11) is -3.70. The van der Waals surface area contributed by atoms with Crippen molar-refractivity contribution in [2.45, 2.75) is 11.8 Å². The third-order valence-electron chi connectivity index (χ3n) is 2.53. The molecule has 0 spiro atoms. The van der Waals surface area contributed by atoms with Gasteiger partial charge in [-0.3, -0.25) is 0 Å². The zero-order valence-electron chi connectivity index (χ0n) is 9.72. The molecule has 0 aliphatic carbocycles. The number of rotatable bonds is 2. The number of hydrogen-bond donors (Lipinski definition) is 1. The molecule has 0 aliphatic heterocycles. The van der Waals surface area contributed by atoms with Crippen LogP contribution < -0.4 is 5.14 Å². The van der Waals surface area contributed by atoms with Crippen molar-refractivity contribution in [3.05, 3.63) is 54.1 Å². The Morgan fingerprint density at radius 1 is 1.00 bits per heavy atom. The van der Waals surface area contributed by atoms with Crippen molar-refractivity contribution in [1.82, 2.24) is 0 Å². The minimum absolute atomic E-state index is 0. The molecular weight excluding hydrogens is 431 g/mol. The molecule has 3 nitrogen and oxygen atoms in total. The van der Waals surface area contributed by atoms with Crippen molar-refractivity contribution in [1.29, 1.82) is 0 Å². The summed E-state index contributed by atoms with van der Waals surface area (Å²) < 4.78 is 23.0. The molecule has 2 aromatic carbocycles. The first kappa shape index (κ1) is 15.1. The van der Waals surface area contributed by atoms with Crippen LogP contribution in [0.25, 0.3) is 11.1 Å². The van der Waals surface area contributed by atoms with Crippen LogP contribution in [0.3, 0.4) is 0 Å². The maximum atomic E-state index is 11.5. The number of benzene rings is 2. The van der Waals surface area contributed by atoms with Crippen LogP contribution >= 0.6 is 0 Å². The molecule has 0 atom stereocenters. The van der Waals surface area contributed by atoms with E-state index in [9.17, 15) is 8.42 Å². The molecule has 5 heteroatoms. The van der Waals surface area contributed by atoms with Gasteiger partial charge in [0.05, 0.1) is 4.90 Å². The van der Waals surface area contributed by atoms with Gasteiger partial charge in [-0.1, -0.05) is 48.0 Å². The molecule has 2 N–H and O–H groups in total. The van der Waals surface area contributed by atoms with E-state index in [-0.39, 0.29) is 27.3 Å². The molecule has 0 amide bonds. The van der Waals surface area contributed by atoms with Crippen LogP contribution in [0.4, 0.5) is 0 Å². The molecule has 2 rings (SSSR count). The smallest absolute Gasteiger partial charge is 0.225 e. The molecule has 1 radical (unpaired) electrons.